The maximum atomic E-state index is 12.0. The van der Waals surface area contributed by atoms with Gasteiger partial charge in [0.1, 0.15) is 5.75 Å². The van der Waals surface area contributed by atoms with Crippen LogP contribution >= 0.6 is 0 Å². The molecular formula is C16H22N2O3. The van der Waals surface area contributed by atoms with E-state index in [0.717, 1.165) is 11.3 Å². The minimum atomic E-state index is -0.0781. The van der Waals surface area contributed by atoms with Crippen LogP contribution in [0.4, 0.5) is 0 Å². The minimum Gasteiger partial charge on any atom is -0.497 e. The first-order valence-corrected chi connectivity index (χ1v) is 7.21. The van der Waals surface area contributed by atoms with E-state index in [9.17, 15) is 9.59 Å². The highest BCUT2D eigenvalue weighted by Gasteiger charge is 2.31. The minimum absolute atomic E-state index is 0.0522. The van der Waals surface area contributed by atoms with Crippen molar-refractivity contribution < 1.29 is 14.3 Å². The molecule has 1 fully saturated rings. The molecule has 0 aliphatic carbocycles. The Morgan fingerprint density at radius 1 is 1.38 bits per heavy atom. The number of carbonyl (C=O) groups excluding carboxylic acids is 2. The Morgan fingerprint density at radius 2 is 2.05 bits per heavy atom. The van der Waals surface area contributed by atoms with Gasteiger partial charge in [-0.15, -0.1) is 0 Å². The molecule has 1 N–H and O–H groups in total. The van der Waals surface area contributed by atoms with Crippen molar-refractivity contribution >= 4 is 11.8 Å². The number of methoxy groups -OCH3 is 1. The van der Waals surface area contributed by atoms with Crippen molar-refractivity contribution in [1.29, 1.82) is 0 Å². The summed E-state index contributed by atoms with van der Waals surface area (Å²) in [6.45, 7) is 4.57. The third-order valence-corrected chi connectivity index (χ3v) is 3.67. The fraction of sp³-hybridized carbons (Fsp3) is 0.500. The molecule has 5 heteroatoms. The van der Waals surface area contributed by atoms with E-state index >= 15 is 0 Å². The highest BCUT2D eigenvalue weighted by atomic mass is 16.5. The van der Waals surface area contributed by atoms with Gasteiger partial charge in [0.05, 0.1) is 19.6 Å². The van der Waals surface area contributed by atoms with E-state index in [2.05, 4.69) is 5.32 Å². The largest absolute Gasteiger partial charge is 0.497 e. The van der Waals surface area contributed by atoms with E-state index in [0.29, 0.717) is 19.4 Å². The second-order valence-corrected chi connectivity index (χ2v) is 5.63. The van der Waals surface area contributed by atoms with Gasteiger partial charge in [0.2, 0.25) is 11.8 Å². The van der Waals surface area contributed by atoms with Crippen molar-refractivity contribution in [2.75, 3.05) is 13.7 Å². The first-order chi connectivity index (χ1) is 9.99. The molecule has 21 heavy (non-hydrogen) atoms. The van der Waals surface area contributed by atoms with Gasteiger partial charge in [-0.3, -0.25) is 9.59 Å². The lowest BCUT2D eigenvalue weighted by molar-refractivity contribution is -0.129. The fourth-order valence-corrected chi connectivity index (χ4v) is 2.53. The third-order valence-electron chi connectivity index (χ3n) is 3.67. The Hall–Kier alpha value is -2.04. The monoisotopic (exact) mass is 290 g/mol. The summed E-state index contributed by atoms with van der Waals surface area (Å²) in [6.07, 6.45) is 0.711. The van der Waals surface area contributed by atoms with Crippen LogP contribution in [-0.4, -0.2) is 42.5 Å². The molecule has 1 aliphatic rings. The molecule has 0 spiro atoms. The van der Waals surface area contributed by atoms with Crippen LogP contribution in [-0.2, 0) is 16.0 Å². The van der Waals surface area contributed by atoms with Gasteiger partial charge < -0.3 is 15.0 Å². The zero-order valence-electron chi connectivity index (χ0n) is 12.8. The van der Waals surface area contributed by atoms with Gasteiger partial charge in [-0.05, 0) is 31.5 Å². The maximum Gasteiger partial charge on any atom is 0.225 e. The lowest BCUT2D eigenvalue weighted by Crippen LogP contribution is -2.39. The summed E-state index contributed by atoms with van der Waals surface area (Å²) in [5.41, 5.74) is 0.929. The van der Waals surface area contributed by atoms with Crippen molar-refractivity contribution in [3.05, 3.63) is 29.8 Å². The Balaban J connectivity index is 1.86. The standard InChI is InChI=1S/C16H22N2O3/c1-11(2)18-10-13(9-16(18)20)17-15(19)8-12-4-6-14(21-3)7-5-12/h4-7,11,13H,8-10H2,1-3H3,(H,17,19). The molecule has 2 rings (SSSR count). The first kappa shape index (κ1) is 15.4. The lowest BCUT2D eigenvalue weighted by Gasteiger charge is -2.21. The maximum absolute atomic E-state index is 12.0. The number of hydrogen-bond acceptors (Lipinski definition) is 3. The van der Waals surface area contributed by atoms with Gasteiger partial charge in [0.25, 0.3) is 0 Å². The van der Waals surface area contributed by atoms with E-state index in [1.54, 1.807) is 12.0 Å². The third kappa shape index (κ3) is 3.97. The number of nitrogens with zero attached hydrogens (tertiary/aromatic N) is 1. The topological polar surface area (TPSA) is 58.6 Å². The van der Waals surface area contributed by atoms with Crippen LogP contribution in [0.2, 0.25) is 0 Å². The molecule has 1 aliphatic heterocycles. The lowest BCUT2D eigenvalue weighted by atomic mass is 10.1. The van der Waals surface area contributed by atoms with Crippen LogP contribution in [0.25, 0.3) is 0 Å². The number of amides is 2. The summed E-state index contributed by atoms with van der Waals surface area (Å²) in [7, 11) is 1.61. The predicted molar refractivity (Wildman–Crippen MR) is 80.1 cm³/mol. The number of carbonyl (C=O) groups is 2. The molecule has 2 amide bonds. The first-order valence-electron chi connectivity index (χ1n) is 7.21. The van der Waals surface area contributed by atoms with E-state index in [-0.39, 0.29) is 23.9 Å². The van der Waals surface area contributed by atoms with Crippen molar-refractivity contribution in [1.82, 2.24) is 10.2 Å². The summed E-state index contributed by atoms with van der Waals surface area (Å²) < 4.78 is 5.08. The van der Waals surface area contributed by atoms with Gasteiger partial charge in [-0.25, -0.2) is 0 Å². The van der Waals surface area contributed by atoms with Crippen LogP contribution < -0.4 is 10.1 Å². The normalized spacial score (nSPS) is 18.2. The Kier molecular flexibility index (Phi) is 4.83. The van der Waals surface area contributed by atoms with Crippen LogP contribution in [0.5, 0.6) is 5.75 Å². The van der Waals surface area contributed by atoms with Crippen molar-refractivity contribution in [2.24, 2.45) is 0 Å². The average molecular weight is 290 g/mol. The molecule has 1 aromatic carbocycles. The molecule has 0 aromatic heterocycles. The molecule has 1 heterocycles. The fourth-order valence-electron chi connectivity index (χ4n) is 2.53. The molecule has 1 aromatic rings. The van der Waals surface area contributed by atoms with Crippen molar-refractivity contribution in [3.8, 4) is 5.75 Å². The second-order valence-electron chi connectivity index (χ2n) is 5.63. The molecule has 114 valence electrons. The van der Waals surface area contributed by atoms with Gasteiger partial charge >= 0.3 is 0 Å². The van der Waals surface area contributed by atoms with Gasteiger partial charge in [0.15, 0.2) is 0 Å². The number of ether oxygens (including phenoxy) is 1. The quantitative estimate of drug-likeness (QED) is 0.891. The van der Waals surface area contributed by atoms with Crippen molar-refractivity contribution in [2.45, 2.75) is 38.8 Å². The molecule has 0 radical (unpaired) electrons. The molecule has 1 saturated heterocycles. The Morgan fingerprint density at radius 3 is 2.57 bits per heavy atom. The van der Waals surface area contributed by atoms with Gasteiger partial charge in [0, 0.05) is 19.0 Å². The molecule has 0 saturated carbocycles. The number of likely N-dealkylation sites (tertiary alicyclic amines) is 1. The van der Waals surface area contributed by atoms with E-state index in [1.165, 1.54) is 0 Å². The zero-order chi connectivity index (χ0) is 15.4. The predicted octanol–water partition coefficient (Wildman–Crippen LogP) is 1.36. The van der Waals surface area contributed by atoms with Crippen LogP contribution in [0.15, 0.2) is 24.3 Å². The molecule has 1 atom stereocenters. The van der Waals surface area contributed by atoms with Crippen molar-refractivity contribution in [3.63, 3.8) is 0 Å². The zero-order valence-corrected chi connectivity index (χ0v) is 12.8. The number of rotatable bonds is 5. The summed E-state index contributed by atoms with van der Waals surface area (Å²) in [4.78, 5) is 25.6. The van der Waals surface area contributed by atoms with Crippen LogP contribution in [0, 0.1) is 0 Å². The van der Waals surface area contributed by atoms with Crippen LogP contribution in [0.3, 0.4) is 0 Å². The summed E-state index contributed by atoms with van der Waals surface area (Å²) >= 11 is 0. The number of hydrogen-bond donors (Lipinski definition) is 1. The second kappa shape index (κ2) is 6.61. The summed E-state index contributed by atoms with van der Waals surface area (Å²) in [5.74, 6) is 0.830. The van der Waals surface area contributed by atoms with Gasteiger partial charge in [-0.1, -0.05) is 12.1 Å². The average Bonchev–Trinajstić information content (AvgIpc) is 2.80. The highest BCUT2D eigenvalue weighted by molar-refractivity contribution is 5.83. The molecule has 0 bridgehead atoms. The molecular weight excluding hydrogens is 268 g/mol. The summed E-state index contributed by atoms with van der Waals surface area (Å²) in [5, 5.41) is 2.94. The molecule has 1 unspecified atom stereocenters. The molecule has 5 nitrogen and oxygen atoms in total. The van der Waals surface area contributed by atoms with Crippen LogP contribution in [0.1, 0.15) is 25.8 Å². The summed E-state index contributed by atoms with van der Waals surface area (Å²) in [6, 6.07) is 7.52. The van der Waals surface area contributed by atoms with Gasteiger partial charge in [-0.2, -0.15) is 0 Å². The number of benzene rings is 1. The SMILES string of the molecule is COc1ccc(CC(=O)NC2CC(=O)N(C(C)C)C2)cc1. The van der Waals surface area contributed by atoms with E-state index in [4.69, 9.17) is 4.74 Å². The Bertz CT molecular complexity index is 511. The van der Waals surface area contributed by atoms with E-state index < -0.39 is 0 Å². The highest BCUT2D eigenvalue weighted by Crippen LogP contribution is 2.15. The Labute approximate surface area is 125 Å². The smallest absolute Gasteiger partial charge is 0.225 e. The van der Waals surface area contributed by atoms with E-state index in [1.807, 2.05) is 38.1 Å². The number of nitrogens with one attached hydrogen (secondary N) is 1.